The molecule has 1 aliphatic rings. The molecular weight excluding hydrogens is 178 g/mol. The second-order valence-corrected chi connectivity index (χ2v) is 5.41. The van der Waals surface area contributed by atoms with Crippen LogP contribution in [0.2, 0.25) is 0 Å². The summed E-state index contributed by atoms with van der Waals surface area (Å²) in [6.07, 6.45) is 2.91. The summed E-state index contributed by atoms with van der Waals surface area (Å²) < 4.78 is 0. The third-order valence-corrected chi connectivity index (χ3v) is 3.60. The summed E-state index contributed by atoms with van der Waals surface area (Å²) in [7, 11) is 0. The van der Waals surface area contributed by atoms with Crippen molar-refractivity contribution in [2.45, 2.75) is 33.6 Å². The minimum atomic E-state index is 0.369. The molecule has 0 aromatic rings. The Morgan fingerprint density at radius 2 is 2.00 bits per heavy atom. The van der Waals surface area contributed by atoms with Gasteiger partial charge in [0, 0.05) is 13.1 Å². The fourth-order valence-corrected chi connectivity index (χ4v) is 1.73. The molecule has 0 unspecified atom stereocenters. The van der Waals surface area contributed by atoms with Gasteiger partial charge in [0.1, 0.15) is 0 Å². The van der Waals surface area contributed by atoms with E-state index in [9.17, 15) is 0 Å². The molecule has 1 aliphatic carbocycles. The summed E-state index contributed by atoms with van der Waals surface area (Å²) in [4.78, 5) is 2.58. The maximum Gasteiger partial charge on any atom is 0.00405 e. The van der Waals surface area contributed by atoms with Gasteiger partial charge < -0.3 is 4.90 Å². The Hall–Kier alpha value is 0.310. The predicted octanol–water partition coefficient (Wildman–Crippen LogP) is 2.67. The molecule has 1 nitrogen and oxygen atoms in total. The van der Waals surface area contributed by atoms with Crippen LogP contribution in [0.3, 0.4) is 0 Å². The van der Waals surface area contributed by atoms with Crippen molar-refractivity contribution < 1.29 is 0 Å². The topological polar surface area (TPSA) is 3.24 Å². The largest absolute Gasteiger partial charge is 0.303 e. The van der Waals surface area contributed by atoms with Gasteiger partial charge in [0.05, 0.1) is 0 Å². The Morgan fingerprint density at radius 3 is 2.38 bits per heavy atom. The molecule has 2 heteroatoms. The third kappa shape index (κ3) is 4.37. The average Bonchev–Trinajstić information content (AvgIpc) is 2.87. The first kappa shape index (κ1) is 11.4. The van der Waals surface area contributed by atoms with Crippen LogP contribution in [-0.2, 0) is 0 Å². The Balaban J connectivity index is 2.28. The van der Waals surface area contributed by atoms with E-state index in [-0.39, 0.29) is 0 Å². The zero-order chi connectivity index (χ0) is 9.90. The Bertz CT molecular complexity index is 152. The van der Waals surface area contributed by atoms with Crippen molar-refractivity contribution in [1.29, 1.82) is 0 Å². The minimum Gasteiger partial charge on any atom is -0.303 e. The normalized spacial score (nSPS) is 18.2. The third-order valence-electron chi connectivity index (χ3n) is 2.74. The summed E-state index contributed by atoms with van der Waals surface area (Å²) >= 11 is 4.39. The lowest BCUT2D eigenvalue weighted by atomic mass is 9.95. The zero-order valence-corrected chi connectivity index (χ0v) is 10.1. The van der Waals surface area contributed by atoms with Crippen molar-refractivity contribution in [2.24, 2.45) is 11.3 Å². The van der Waals surface area contributed by atoms with Gasteiger partial charge in [-0.1, -0.05) is 20.8 Å². The van der Waals surface area contributed by atoms with Gasteiger partial charge in [-0.2, -0.15) is 12.6 Å². The van der Waals surface area contributed by atoms with E-state index in [0.29, 0.717) is 5.41 Å². The second-order valence-electron chi connectivity index (χ2n) is 5.09. The lowest BCUT2D eigenvalue weighted by molar-refractivity contribution is 0.196. The monoisotopic (exact) mass is 201 g/mol. The van der Waals surface area contributed by atoms with Gasteiger partial charge in [-0.3, -0.25) is 0 Å². The molecule has 0 heterocycles. The van der Waals surface area contributed by atoms with Gasteiger partial charge in [0.2, 0.25) is 0 Å². The van der Waals surface area contributed by atoms with E-state index in [1.165, 1.54) is 32.5 Å². The van der Waals surface area contributed by atoms with Crippen LogP contribution in [0.15, 0.2) is 0 Å². The fourth-order valence-electron chi connectivity index (χ4n) is 1.63. The highest BCUT2D eigenvalue weighted by Gasteiger charge is 2.26. The molecular formula is C11H23NS. The number of hydrogen-bond donors (Lipinski definition) is 1. The molecule has 0 bridgehead atoms. The standard InChI is InChI=1S/C11H23NS/c1-4-12(7-10-5-6-10)8-11(2,3)9-13/h10,13H,4-9H2,1-3H3. The molecule has 0 radical (unpaired) electrons. The molecule has 0 aliphatic heterocycles. The molecule has 13 heavy (non-hydrogen) atoms. The highest BCUT2D eigenvalue weighted by Crippen LogP contribution is 2.30. The van der Waals surface area contributed by atoms with Crippen LogP contribution in [0.25, 0.3) is 0 Å². The Labute approximate surface area is 88.3 Å². The van der Waals surface area contributed by atoms with E-state index < -0.39 is 0 Å². The fraction of sp³-hybridized carbons (Fsp3) is 1.00. The van der Waals surface area contributed by atoms with Crippen LogP contribution in [0, 0.1) is 11.3 Å². The van der Waals surface area contributed by atoms with Gasteiger partial charge in [0.25, 0.3) is 0 Å². The van der Waals surface area contributed by atoms with Crippen molar-refractivity contribution in [3.05, 3.63) is 0 Å². The van der Waals surface area contributed by atoms with Crippen molar-refractivity contribution in [3.8, 4) is 0 Å². The molecule has 0 spiro atoms. The second kappa shape index (κ2) is 4.70. The van der Waals surface area contributed by atoms with Crippen molar-refractivity contribution in [1.82, 2.24) is 4.90 Å². The molecule has 0 N–H and O–H groups in total. The van der Waals surface area contributed by atoms with E-state index >= 15 is 0 Å². The highest BCUT2D eigenvalue weighted by atomic mass is 32.1. The molecule has 0 atom stereocenters. The first-order valence-corrected chi connectivity index (χ1v) is 6.04. The summed E-state index contributed by atoms with van der Waals surface area (Å²) in [6, 6.07) is 0. The molecule has 1 rings (SSSR count). The predicted molar refractivity (Wildman–Crippen MR) is 62.5 cm³/mol. The summed E-state index contributed by atoms with van der Waals surface area (Å²) in [5.41, 5.74) is 0.369. The van der Waals surface area contributed by atoms with Crippen LogP contribution in [0.4, 0.5) is 0 Å². The summed E-state index contributed by atoms with van der Waals surface area (Å²) in [6.45, 7) is 10.6. The van der Waals surface area contributed by atoms with Crippen LogP contribution < -0.4 is 0 Å². The van der Waals surface area contributed by atoms with Gasteiger partial charge in [-0.15, -0.1) is 0 Å². The van der Waals surface area contributed by atoms with Crippen LogP contribution in [0.1, 0.15) is 33.6 Å². The molecule has 78 valence electrons. The Kier molecular flexibility index (Phi) is 4.11. The van der Waals surface area contributed by atoms with Crippen molar-refractivity contribution in [2.75, 3.05) is 25.4 Å². The molecule has 0 aromatic carbocycles. The van der Waals surface area contributed by atoms with E-state index in [1.807, 2.05) is 0 Å². The van der Waals surface area contributed by atoms with E-state index in [2.05, 4.69) is 38.3 Å². The Morgan fingerprint density at radius 1 is 1.38 bits per heavy atom. The SMILES string of the molecule is CCN(CC1CC1)CC(C)(C)CS. The van der Waals surface area contributed by atoms with Gasteiger partial charge in [0.15, 0.2) is 0 Å². The van der Waals surface area contributed by atoms with Crippen molar-refractivity contribution >= 4 is 12.6 Å². The number of hydrogen-bond acceptors (Lipinski definition) is 2. The van der Waals surface area contributed by atoms with Crippen LogP contribution in [-0.4, -0.2) is 30.3 Å². The zero-order valence-electron chi connectivity index (χ0n) is 9.21. The lowest BCUT2D eigenvalue weighted by Crippen LogP contribution is -2.36. The molecule has 0 amide bonds. The molecule has 0 saturated heterocycles. The van der Waals surface area contributed by atoms with Crippen LogP contribution >= 0.6 is 12.6 Å². The quantitative estimate of drug-likeness (QED) is 0.647. The van der Waals surface area contributed by atoms with E-state index in [4.69, 9.17) is 0 Å². The number of rotatable bonds is 6. The minimum absolute atomic E-state index is 0.369. The van der Waals surface area contributed by atoms with E-state index in [0.717, 1.165) is 11.7 Å². The molecule has 1 saturated carbocycles. The lowest BCUT2D eigenvalue weighted by Gasteiger charge is -2.30. The average molecular weight is 201 g/mol. The smallest absolute Gasteiger partial charge is 0.00405 e. The summed E-state index contributed by atoms with van der Waals surface area (Å²) in [5.74, 6) is 1.99. The van der Waals surface area contributed by atoms with Gasteiger partial charge in [-0.05, 0) is 36.5 Å². The van der Waals surface area contributed by atoms with Gasteiger partial charge in [-0.25, -0.2) is 0 Å². The first-order chi connectivity index (χ1) is 6.07. The van der Waals surface area contributed by atoms with Gasteiger partial charge >= 0.3 is 0 Å². The highest BCUT2D eigenvalue weighted by molar-refractivity contribution is 7.80. The van der Waals surface area contributed by atoms with Crippen LogP contribution in [0.5, 0.6) is 0 Å². The van der Waals surface area contributed by atoms with Crippen molar-refractivity contribution in [3.63, 3.8) is 0 Å². The van der Waals surface area contributed by atoms with E-state index in [1.54, 1.807) is 0 Å². The maximum absolute atomic E-state index is 4.39. The summed E-state index contributed by atoms with van der Waals surface area (Å²) in [5, 5.41) is 0. The molecule has 1 fully saturated rings. The maximum atomic E-state index is 4.39. The molecule has 0 aromatic heterocycles. The number of thiol groups is 1. The number of nitrogens with zero attached hydrogens (tertiary/aromatic N) is 1. The first-order valence-electron chi connectivity index (χ1n) is 5.40.